The van der Waals surface area contributed by atoms with E-state index in [4.69, 9.17) is 0 Å². The van der Waals surface area contributed by atoms with Gasteiger partial charge in [-0.05, 0) is 17.7 Å². The second-order valence-corrected chi connectivity index (χ2v) is 8.85. The van der Waals surface area contributed by atoms with Crippen LogP contribution < -0.4 is 16.4 Å². The largest absolute Gasteiger partial charge is 0.354 e. The van der Waals surface area contributed by atoms with Crippen molar-refractivity contribution >= 4 is 28.7 Å². The molecule has 0 fully saturated rings. The normalized spacial score (nSPS) is 14.9. The van der Waals surface area contributed by atoms with E-state index in [9.17, 15) is 18.8 Å². The lowest BCUT2D eigenvalue weighted by atomic mass is 10.2. The van der Waals surface area contributed by atoms with E-state index in [1.54, 1.807) is 21.4 Å². The number of rotatable bonds is 7. The van der Waals surface area contributed by atoms with E-state index in [0.29, 0.717) is 35.0 Å². The zero-order valence-corrected chi connectivity index (χ0v) is 18.7. The first-order valence-corrected chi connectivity index (χ1v) is 11.6. The molecule has 1 aliphatic heterocycles. The molecule has 0 saturated carbocycles. The Hall–Kier alpha value is -3.80. The van der Waals surface area contributed by atoms with Gasteiger partial charge in [0.05, 0.1) is 25.3 Å². The van der Waals surface area contributed by atoms with Crippen LogP contribution in [0.2, 0.25) is 0 Å². The Balaban J connectivity index is 1.21. The van der Waals surface area contributed by atoms with E-state index in [-0.39, 0.29) is 41.9 Å². The van der Waals surface area contributed by atoms with Gasteiger partial charge in [-0.25, -0.2) is 19.0 Å². The maximum absolute atomic E-state index is 13.1. The number of nitrogens with one attached hydrogen (secondary N) is 1. The van der Waals surface area contributed by atoms with Gasteiger partial charge in [0.1, 0.15) is 17.5 Å². The molecule has 1 aliphatic rings. The Morgan fingerprint density at radius 3 is 2.82 bits per heavy atom. The van der Waals surface area contributed by atoms with Crippen molar-refractivity contribution in [2.45, 2.75) is 30.7 Å². The maximum atomic E-state index is 13.1. The van der Waals surface area contributed by atoms with E-state index in [2.05, 4.69) is 20.4 Å². The summed E-state index contributed by atoms with van der Waals surface area (Å²) in [5.41, 5.74) is 0.794. The number of halogens is 1. The third-order valence-corrected chi connectivity index (χ3v) is 6.68. The van der Waals surface area contributed by atoms with Crippen LogP contribution in [0.25, 0.3) is 11.0 Å². The summed E-state index contributed by atoms with van der Waals surface area (Å²) in [4.78, 5) is 45.9. The number of hydrogen-bond acceptors (Lipinski definition) is 7. The van der Waals surface area contributed by atoms with Crippen molar-refractivity contribution in [2.24, 2.45) is 0 Å². The van der Waals surface area contributed by atoms with Crippen LogP contribution in [0.15, 0.2) is 63.8 Å². The molecule has 5 rings (SSSR count). The van der Waals surface area contributed by atoms with Crippen LogP contribution in [0.1, 0.15) is 18.0 Å². The highest BCUT2D eigenvalue weighted by atomic mass is 32.2. The number of amides is 1. The fourth-order valence-corrected chi connectivity index (χ4v) is 5.01. The molecule has 0 spiro atoms. The van der Waals surface area contributed by atoms with Gasteiger partial charge in [-0.15, -0.1) is 0 Å². The third-order valence-electron chi connectivity index (χ3n) is 5.57. The molecule has 0 aliphatic carbocycles. The van der Waals surface area contributed by atoms with Crippen LogP contribution >= 0.6 is 11.8 Å². The number of fused-ring (bicyclic) bond motifs is 2. The topological polar surface area (TPSA) is 117 Å². The first-order chi connectivity index (χ1) is 16.5. The van der Waals surface area contributed by atoms with E-state index in [1.165, 1.54) is 53.2 Å². The number of benzene rings is 1. The first kappa shape index (κ1) is 22.0. The maximum Gasteiger partial charge on any atom is 0.264 e. The molecule has 0 saturated heterocycles. The summed E-state index contributed by atoms with van der Waals surface area (Å²) in [6.07, 6.45) is 4.55. The van der Waals surface area contributed by atoms with Crippen molar-refractivity contribution in [1.29, 1.82) is 0 Å². The van der Waals surface area contributed by atoms with Gasteiger partial charge in [0.25, 0.3) is 11.1 Å². The van der Waals surface area contributed by atoms with Gasteiger partial charge in [-0.3, -0.25) is 23.5 Å². The summed E-state index contributed by atoms with van der Waals surface area (Å²) in [6.45, 7) is 0.899. The molecule has 1 atom stereocenters. The first-order valence-electron chi connectivity index (χ1n) is 10.6. The highest BCUT2D eigenvalue weighted by molar-refractivity contribution is 7.99. The Kier molecular flexibility index (Phi) is 5.97. The Labute approximate surface area is 196 Å². The molecular formula is C22H20FN7O3S. The third kappa shape index (κ3) is 4.36. The van der Waals surface area contributed by atoms with Gasteiger partial charge in [-0.2, -0.15) is 5.10 Å². The number of thioether (sulfide) groups is 1. The zero-order chi connectivity index (χ0) is 23.7. The molecule has 1 aromatic carbocycles. The van der Waals surface area contributed by atoms with Crippen molar-refractivity contribution in [3.63, 3.8) is 0 Å². The highest BCUT2D eigenvalue weighted by Gasteiger charge is 2.26. The molecule has 4 heterocycles. The molecule has 1 amide bonds. The molecule has 4 aromatic rings. The zero-order valence-electron chi connectivity index (χ0n) is 17.9. The second kappa shape index (κ2) is 9.21. The second-order valence-electron chi connectivity index (χ2n) is 7.86. The standard InChI is InChI=1S/C22H20FN7O3S/c23-15-3-1-14(2-4-15)11-28-13-26-20-17(21(28)33)10-27-29(20)8-7-24-18(31)9-16-12-34-22-25-6-5-19(32)30(16)22/h1-6,10,13,16H,7-9,11-12H2,(H,24,31). The molecule has 12 heteroatoms. The summed E-state index contributed by atoms with van der Waals surface area (Å²) in [5.74, 6) is 0.105. The van der Waals surface area contributed by atoms with Gasteiger partial charge >= 0.3 is 0 Å². The van der Waals surface area contributed by atoms with Crippen LogP contribution in [0.3, 0.4) is 0 Å². The molecule has 0 radical (unpaired) electrons. The van der Waals surface area contributed by atoms with Crippen LogP contribution in [-0.4, -0.2) is 47.1 Å². The van der Waals surface area contributed by atoms with Gasteiger partial charge < -0.3 is 5.32 Å². The van der Waals surface area contributed by atoms with Gasteiger partial charge in [-0.1, -0.05) is 23.9 Å². The minimum absolute atomic E-state index is 0.160. The SMILES string of the molecule is O=C(CC1CSc2nccc(=O)n21)NCCn1ncc2c(=O)n(Cc3ccc(F)cc3)cnc21. The Morgan fingerprint density at radius 2 is 2.00 bits per heavy atom. The van der Waals surface area contributed by atoms with Crippen molar-refractivity contribution < 1.29 is 9.18 Å². The van der Waals surface area contributed by atoms with Crippen molar-refractivity contribution in [1.82, 2.24) is 34.2 Å². The van der Waals surface area contributed by atoms with Crippen LogP contribution in [0, 0.1) is 5.82 Å². The van der Waals surface area contributed by atoms with E-state index in [0.717, 1.165) is 5.56 Å². The number of carbonyl (C=O) groups is 1. The molecule has 3 aromatic heterocycles. The molecular weight excluding hydrogens is 461 g/mol. The number of aromatic nitrogens is 6. The summed E-state index contributed by atoms with van der Waals surface area (Å²) in [7, 11) is 0. The number of nitrogens with zero attached hydrogens (tertiary/aromatic N) is 6. The lowest BCUT2D eigenvalue weighted by Gasteiger charge is -2.13. The monoisotopic (exact) mass is 481 g/mol. The van der Waals surface area contributed by atoms with E-state index in [1.807, 2.05) is 0 Å². The average Bonchev–Trinajstić information content (AvgIpc) is 3.43. The lowest BCUT2D eigenvalue weighted by molar-refractivity contribution is -0.121. The summed E-state index contributed by atoms with van der Waals surface area (Å²) < 4.78 is 17.7. The fourth-order valence-electron chi connectivity index (χ4n) is 3.89. The predicted octanol–water partition coefficient (Wildman–Crippen LogP) is 1.19. The van der Waals surface area contributed by atoms with Crippen LogP contribution in [0.4, 0.5) is 4.39 Å². The smallest absolute Gasteiger partial charge is 0.264 e. The summed E-state index contributed by atoms with van der Waals surface area (Å²) >= 11 is 1.46. The van der Waals surface area contributed by atoms with Gasteiger partial charge in [0.2, 0.25) is 5.91 Å². The van der Waals surface area contributed by atoms with Gasteiger partial charge in [0, 0.05) is 31.0 Å². The lowest BCUT2D eigenvalue weighted by Crippen LogP contribution is -2.32. The van der Waals surface area contributed by atoms with Crippen molar-refractivity contribution in [2.75, 3.05) is 12.3 Å². The molecule has 0 bridgehead atoms. The Bertz CT molecular complexity index is 1480. The summed E-state index contributed by atoms with van der Waals surface area (Å²) in [6, 6.07) is 7.09. The minimum atomic E-state index is -0.337. The molecule has 34 heavy (non-hydrogen) atoms. The van der Waals surface area contributed by atoms with E-state index >= 15 is 0 Å². The van der Waals surface area contributed by atoms with Gasteiger partial charge in [0.15, 0.2) is 10.8 Å². The summed E-state index contributed by atoms with van der Waals surface area (Å²) in [5, 5.41) is 8.07. The number of carbonyl (C=O) groups excluding carboxylic acids is 1. The Morgan fingerprint density at radius 1 is 1.18 bits per heavy atom. The average molecular weight is 482 g/mol. The molecule has 174 valence electrons. The van der Waals surface area contributed by atoms with Crippen molar-refractivity contribution in [3.8, 4) is 0 Å². The molecule has 1 N–H and O–H groups in total. The van der Waals surface area contributed by atoms with Crippen molar-refractivity contribution in [3.05, 3.63) is 81.1 Å². The number of hydrogen-bond donors (Lipinski definition) is 1. The van der Waals surface area contributed by atoms with Crippen LogP contribution in [0.5, 0.6) is 0 Å². The minimum Gasteiger partial charge on any atom is -0.354 e. The fraction of sp³-hybridized carbons (Fsp3) is 0.273. The molecule has 1 unspecified atom stereocenters. The molecule has 10 nitrogen and oxygen atoms in total. The highest BCUT2D eigenvalue weighted by Crippen LogP contribution is 2.31. The predicted molar refractivity (Wildman–Crippen MR) is 123 cm³/mol. The van der Waals surface area contributed by atoms with Crippen LogP contribution in [-0.2, 0) is 17.9 Å². The quantitative estimate of drug-likeness (QED) is 0.394. The van der Waals surface area contributed by atoms with E-state index < -0.39 is 0 Å².